The van der Waals surface area contributed by atoms with E-state index in [1.165, 1.54) is 18.2 Å². The van der Waals surface area contributed by atoms with Gasteiger partial charge >= 0.3 is 0 Å². The highest BCUT2D eigenvalue weighted by Crippen LogP contribution is 2.38. The van der Waals surface area contributed by atoms with Crippen molar-refractivity contribution in [1.82, 2.24) is 5.32 Å². The van der Waals surface area contributed by atoms with E-state index in [4.69, 9.17) is 0 Å². The van der Waals surface area contributed by atoms with Crippen LogP contribution in [0.5, 0.6) is 0 Å². The zero-order chi connectivity index (χ0) is 14.3. The van der Waals surface area contributed by atoms with Crippen LogP contribution in [0.25, 0.3) is 0 Å². The molecule has 2 aliphatic carbocycles. The van der Waals surface area contributed by atoms with Crippen LogP contribution in [0.1, 0.15) is 36.5 Å². The Labute approximate surface area is 116 Å². The van der Waals surface area contributed by atoms with Crippen molar-refractivity contribution in [3.05, 3.63) is 29.6 Å². The summed E-state index contributed by atoms with van der Waals surface area (Å²) in [4.78, 5) is 24.0. The van der Waals surface area contributed by atoms with Gasteiger partial charge < -0.3 is 10.6 Å². The van der Waals surface area contributed by atoms with Crippen LogP contribution in [-0.2, 0) is 4.79 Å². The van der Waals surface area contributed by atoms with Crippen molar-refractivity contribution in [1.29, 1.82) is 0 Å². The summed E-state index contributed by atoms with van der Waals surface area (Å²) in [6.07, 6.45) is 2.79. The molecule has 2 atom stereocenters. The van der Waals surface area contributed by atoms with E-state index in [1.54, 1.807) is 0 Å². The summed E-state index contributed by atoms with van der Waals surface area (Å²) in [5.74, 6) is -0.502. The van der Waals surface area contributed by atoms with Gasteiger partial charge in [0.25, 0.3) is 5.91 Å². The van der Waals surface area contributed by atoms with Gasteiger partial charge in [0.2, 0.25) is 5.91 Å². The third-order valence-electron chi connectivity index (χ3n) is 3.84. The first-order valence-corrected chi connectivity index (χ1v) is 6.96. The maximum atomic E-state index is 13.3. The number of anilines is 1. The maximum Gasteiger partial charge on any atom is 0.253 e. The van der Waals surface area contributed by atoms with E-state index in [-0.39, 0.29) is 29.3 Å². The van der Waals surface area contributed by atoms with Crippen LogP contribution < -0.4 is 10.6 Å². The summed E-state index contributed by atoms with van der Waals surface area (Å²) in [5.41, 5.74) is 0.576. The van der Waals surface area contributed by atoms with Gasteiger partial charge in [-0.3, -0.25) is 9.59 Å². The summed E-state index contributed by atoms with van der Waals surface area (Å²) in [6, 6.07) is 4.06. The lowest BCUT2D eigenvalue weighted by atomic mass is 10.1. The number of benzene rings is 1. The molecule has 0 spiro atoms. The predicted octanol–water partition coefficient (Wildman–Crippen LogP) is 2.31. The van der Waals surface area contributed by atoms with Crippen molar-refractivity contribution in [2.45, 2.75) is 32.2 Å². The van der Waals surface area contributed by atoms with Gasteiger partial charge in [0.15, 0.2) is 0 Å². The van der Waals surface area contributed by atoms with Gasteiger partial charge in [-0.05, 0) is 43.4 Å². The molecule has 2 N–H and O–H groups in total. The Morgan fingerprint density at radius 3 is 2.60 bits per heavy atom. The van der Waals surface area contributed by atoms with E-state index in [9.17, 15) is 14.0 Å². The molecular formula is C15H17FN2O2. The summed E-state index contributed by atoms with van der Waals surface area (Å²) in [5, 5.41) is 5.55. The van der Waals surface area contributed by atoms with Gasteiger partial charge in [-0.25, -0.2) is 4.39 Å². The molecule has 106 valence electrons. The number of hydrogen-bond donors (Lipinski definition) is 2. The van der Waals surface area contributed by atoms with Gasteiger partial charge in [-0.1, -0.05) is 6.92 Å². The summed E-state index contributed by atoms with van der Waals surface area (Å²) in [6.45, 7) is 2.01. The van der Waals surface area contributed by atoms with Crippen molar-refractivity contribution in [3.63, 3.8) is 0 Å². The molecule has 0 heterocycles. The van der Waals surface area contributed by atoms with Gasteiger partial charge in [0, 0.05) is 12.0 Å². The number of halogens is 1. The lowest BCUT2D eigenvalue weighted by Gasteiger charge is -2.11. The Bertz CT molecular complexity index is 569. The lowest BCUT2D eigenvalue weighted by molar-refractivity contribution is -0.117. The highest BCUT2D eigenvalue weighted by atomic mass is 19.1. The molecule has 4 nitrogen and oxygen atoms in total. The second-order valence-electron chi connectivity index (χ2n) is 5.75. The van der Waals surface area contributed by atoms with E-state index in [2.05, 4.69) is 10.6 Å². The molecule has 2 aliphatic rings. The minimum Gasteiger partial charge on any atom is -0.349 e. The van der Waals surface area contributed by atoms with Gasteiger partial charge in [-0.2, -0.15) is 0 Å². The molecule has 5 heteroatoms. The van der Waals surface area contributed by atoms with Gasteiger partial charge in [-0.15, -0.1) is 0 Å². The summed E-state index contributed by atoms with van der Waals surface area (Å²) < 4.78 is 13.3. The molecule has 0 radical (unpaired) electrons. The molecule has 0 unspecified atom stereocenters. The first kappa shape index (κ1) is 13.1. The third-order valence-corrected chi connectivity index (χ3v) is 3.84. The number of carbonyl (C=O) groups excluding carboxylic acids is 2. The van der Waals surface area contributed by atoms with Crippen molar-refractivity contribution in [2.75, 3.05) is 5.32 Å². The smallest absolute Gasteiger partial charge is 0.253 e. The molecule has 2 fully saturated rings. The second-order valence-corrected chi connectivity index (χ2v) is 5.75. The highest BCUT2D eigenvalue weighted by molar-refractivity contribution is 6.04. The molecule has 0 bridgehead atoms. The van der Waals surface area contributed by atoms with E-state index in [0.29, 0.717) is 11.6 Å². The van der Waals surface area contributed by atoms with Crippen LogP contribution in [0.15, 0.2) is 18.2 Å². The number of carbonyl (C=O) groups is 2. The topological polar surface area (TPSA) is 58.2 Å². The van der Waals surface area contributed by atoms with Crippen molar-refractivity contribution < 1.29 is 14.0 Å². The largest absolute Gasteiger partial charge is 0.349 e. The minimum atomic E-state index is -0.483. The number of rotatable bonds is 4. The first-order chi connectivity index (χ1) is 9.54. The normalized spacial score (nSPS) is 24.1. The predicted molar refractivity (Wildman–Crippen MR) is 72.8 cm³/mol. The average Bonchev–Trinajstić information content (AvgIpc) is 3.29. The summed E-state index contributed by atoms with van der Waals surface area (Å²) in [7, 11) is 0. The molecule has 2 saturated carbocycles. The maximum absolute atomic E-state index is 13.3. The second kappa shape index (κ2) is 4.89. The van der Waals surface area contributed by atoms with Crippen LogP contribution in [0.4, 0.5) is 10.1 Å². The van der Waals surface area contributed by atoms with Crippen LogP contribution in [0.3, 0.4) is 0 Å². The van der Waals surface area contributed by atoms with Crippen LogP contribution in [0.2, 0.25) is 0 Å². The van der Waals surface area contributed by atoms with Crippen LogP contribution in [0, 0.1) is 17.7 Å². The van der Waals surface area contributed by atoms with Crippen LogP contribution >= 0.6 is 0 Å². The highest BCUT2D eigenvalue weighted by Gasteiger charge is 2.39. The Hall–Kier alpha value is -1.91. The first-order valence-electron chi connectivity index (χ1n) is 6.96. The Balaban J connectivity index is 1.77. The minimum absolute atomic E-state index is 0.0133. The van der Waals surface area contributed by atoms with E-state index >= 15 is 0 Å². The van der Waals surface area contributed by atoms with Crippen molar-refractivity contribution in [3.8, 4) is 0 Å². The van der Waals surface area contributed by atoms with E-state index < -0.39 is 5.82 Å². The molecule has 2 amide bonds. The fourth-order valence-electron chi connectivity index (χ4n) is 2.22. The Morgan fingerprint density at radius 1 is 1.30 bits per heavy atom. The summed E-state index contributed by atoms with van der Waals surface area (Å²) >= 11 is 0. The SMILES string of the molecule is C[C@@H]1C[C@H]1C(=O)Nc1ccc(F)cc1C(=O)NC1CC1. The van der Waals surface area contributed by atoms with Crippen molar-refractivity contribution in [2.24, 2.45) is 11.8 Å². The fraction of sp³-hybridized carbons (Fsp3) is 0.467. The lowest BCUT2D eigenvalue weighted by Crippen LogP contribution is -2.27. The standard InChI is InChI=1S/C15H17FN2O2/c1-8-6-11(8)14(19)18-13-5-2-9(16)7-12(13)15(20)17-10-3-4-10/h2,5,7-8,10-11H,3-4,6H2,1H3,(H,17,20)(H,18,19)/t8-,11-/m1/s1. The molecule has 0 aliphatic heterocycles. The molecule has 3 rings (SSSR count). The van der Waals surface area contributed by atoms with Crippen molar-refractivity contribution >= 4 is 17.5 Å². The number of nitrogens with one attached hydrogen (secondary N) is 2. The van der Waals surface area contributed by atoms with Gasteiger partial charge in [0.1, 0.15) is 5.82 Å². The Morgan fingerprint density at radius 2 is 2.00 bits per heavy atom. The zero-order valence-corrected chi connectivity index (χ0v) is 11.3. The molecule has 0 aromatic heterocycles. The van der Waals surface area contributed by atoms with Gasteiger partial charge in [0.05, 0.1) is 11.3 Å². The zero-order valence-electron chi connectivity index (χ0n) is 11.3. The monoisotopic (exact) mass is 276 g/mol. The molecule has 0 saturated heterocycles. The number of amides is 2. The molecular weight excluding hydrogens is 259 g/mol. The Kier molecular flexibility index (Phi) is 3.20. The average molecular weight is 276 g/mol. The fourth-order valence-corrected chi connectivity index (χ4v) is 2.22. The number of hydrogen-bond acceptors (Lipinski definition) is 2. The molecule has 1 aromatic carbocycles. The van der Waals surface area contributed by atoms with E-state index in [0.717, 1.165) is 19.3 Å². The molecule has 20 heavy (non-hydrogen) atoms. The van der Waals surface area contributed by atoms with E-state index in [1.807, 2.05) is 6.92 Å². The third kappa shape index (κ3) is 2.81. The quantitative estimate of drug-likeness (QED) is 0.886. The van der Waals surface area contributed by atoms with Crippen LogP contribution in [-0.4, -0.2) is 17.9 Å². The molecule has 1 aromatic rings.